The van der Waals surface area contributed by atoms with E-state index >= 15 is 0 Å². The van der Waals surface area contributed by atoms with Crippen molar-refractivity contribution >= 4 is 35.1 Å². The van der Waals surface area contributed by atoms with Crippen LogP contribution in [0.2, 0.25) is 5.02 Å². The summed E-state index contributed by atoms with van der Waals surface area (Å²) in [6.07, 6.45) is 3.42. The van der Waals surface area contributed by atoms with Gasteiger partial charge in [-0.2, -0.15) is 0 Å². The van der Waals surface area contributed by atoms with Crippen LogP contribution in [0.15, 0.2) is 48.8 Å². The van der Waals surface area contributed by atoms with E-state index in [4.69, 9.17) is 11.6 Å². The number of imide groups is 1. The van der Waals surface area contributed by atoms with Crippen LogP contribution in [-0.2, 0) is 21.7 Å². The summed E-state index contributed by atoms with van der Waals surface area (Å²) in [5.74, 6) is -1.56. The number of nitrogens with zero attached hydrogens (tertiary/aromatic N) is 3. The quantitative estimate of drug-likeness (QED) is 0.608. The van der Waals surface area contributed by atoms with E-state index in [1.54, 1.807) is 28.9 Å². The third-order valence-electron chi connectivity index (χ3n) is 4.93. The van der Waals surface area contributed by atoms with Gasteiger partial charge in [0, 0.05) is 12.4 Å². The van der Waals surface area contributed by atoms with Gasteiger partial charge >= 0.3 is 6.03 Å². The van der Waals surface area contributed by atoms with E-state index in [0.29, 0.717) is 21.9 Å². The normalized spacial score (nSPS) is 18.7. The molecule has 1 unspecified atom stereocenters. The molecule has 1 saturated heterocycles. The van der Waals surface area contributed by atoms with Gasteiger partial charge in [-0.1, -0.05) is 23.7 Å². The highest BCUT2D eigenvalue weighted by Crippen LogP contribution is 2.28. The molecular weight excluding hydrogens is 413 g/mol. The number of rotatable bonds is 5. The first-order valence-electron chi connectivity index (χ1n) is 9.06. The fourth-order valence-corrected chi connectivity index (χ4v) is 3.48. The summed E-state index contributed by atoms with van der Waals surface area (Å²) in [6, 6.07) is 8.03. The molecule has 3 aromatic rings. The van der Waals surface area contributed by atoms with Crippen molar-refractivity contribution < 1.29 is 18.8 Å². The highest BCUT2D eigenvalue weighted by Gasteiger charge is 2.49. The molecule has 1 aliphatic rings. The largest absolute Gasteiger partial charge is 0.349 e. The Morgan fingerprint density at radius 2 is 1.93 bits per heavy atom. The van der Waals surface area contributed by atoms with Gasteiger partial charge in [0.15, 0.2) is 0 Å². The molecule has 1 aliphatic heterocycles. The summed E-state index contributed by atoms with van der Waals surface area (Å²) in [4.78, 5) is 42.7. The fourth-order valence-electron chi connectivity index (χ4n) is 3.31. The molecule has 0 bridgehead atoms. The van der Waals surface area contributed by atoms with E-state index in [-0.39, 0.29) is 6.54 Å². The second-order valence-electron chi connectivity index (χ2n) is 7.08. The number of pyridine rings is 1. The van der Waals surface area contributed by atoms with Gasteiger partial charge in [-0.15, -0.1) is 0 Å². The highest BCUT2D eigenvalue weighted by molar-refractivity contribution is 6.30. The molecule has 1 aromatic carbocycles. The Bertz CT molecular complexity index is 1160. The molecule has 30 heavy (non-hydrogen) atoms. The van der Waals surface area contributed by atoms with Gasteiger partial charge in [-0.25, -0.2) is 14.2 Å². The number of imidazole rings is 1. The minimum Gasteiger partial charge on any atom is -0.349 e. The van der Waals surface area contributed by atoms with Crippen LogP contribution in [0.25, 0.3) is 5.65 Å². The number of fused-ring (bicyclic) bond motifs is 1. The van der Waals surface area contributed by atoms with Crippen molar-refractivity contribution in [1.82, 2.24) is 24.9 Å². The zero-order valence-corrected chi connectivity index (χ0v) is 16.6. The Morgan fingerprint density at radius 1 is 1.20 bits per heavy atom. The number of amides is 4. The van der Waals surface area contributed by atoms with Gasteiger partial charge in [0.1, 0.15) is 23.5 Å². The van der Waals surface area contributed by atoms with Gasteiger partial charge in [0.25, 0.3) is 5.91 Å². The number of nitrogens with one attached hydrogen (secondary N) is 2. The Labute approximate surface area is 175 Å². The molecule has 0 saturated carbocycles. The predicted octanol–water partition coefficient (Wildman–Crippen LogP) is 2.21. The maximum Gasteiger partial charge on any atom is 0.325 e. The molecule has 10 heteroatoms. The SMILES string of the molecule is CC1(c2ccc(F)cc2)NC(=O)N(CC(=O)NCc2cn3cc(Cl)ccc3n2)C1=O. The van der Waals surface area contributed by atoms with Gasteiger partial charge < -0.3 is 15.0 Å². The first-order valence-corrected chi connectivity index (χ1v) is 9.44. The predicted molar refractivity (Wildman–Crippen MR) is 106 cm³/mol. The monoisotopic (exact) mass is 429 g/mol. The minimum atomic E-state index is -1.37. The number of halogens is 2. The van der Waals surface area contributed by atoms with Gasteiger partial charge in [0.2, 0.25) is 5.91 Å². The van der Waals surface area contributed by atoms with Crippen molar-refractivity contribution in [2.45, 2.75) is 19.0 Å². The van der Waals surface area contributed by atoms with E-state index < -0.39 is 35.7 Å². The molecular formula is C20H17ClFN5O3. The summed E-state index contributed by atoms with van der Waals surface area (Å²) in [7, 11) is 0. The zero-order chi connectivity index (χ0) is 21.5. The molecule has 1 fully saturated rings. The van der Waals surface area contributed by atoms with E-state index in [1.807, 2.05) is 0 Å². The fraction of sp³-hybridized carbons (Fsp3) is 0.200. The van der Waals surface area contributed by atoms with E-state index in [0.717, 1.165) is 4.90 Å². The standard InChI is InChI=1S/C20H17ClFN5O3/c1-20(12-2-5-14(22)6-3-12)18(29)27(19(30)25-20)11-17(28)23-8-15-10-26-9-13(21)4-7-16(26)24-15/h2-7,9-10H,8,11H2,1H3,(H,23,28)(H,25,30). The van der Waals surface area contributed by atoms with Crippen LogP contribution in [0.4, 0.5) is 9.18 Å². The minimum absolute atomic E-state index is 0.122. The summed E-state index contributed by atoms with van der Waals surface area (Å²) in [5, 5.41) is 5.77. The Morgan fingerprint density at radius 3 is 2.67 bits per heavy atom. The van der Waals surface area contributed by atoms with Crippen LogP contribution in [0, 0.1) is 5.82 Å². The molecule has 1 atom stereocenters. The number of hydrogen-bond donors (Lipinski definition) is 2. The molecule has 2 aromatic heterocycles. The molecule has 154 valence electrons. The van der Waals surface area contributed by atoms with Crippen molar-refractivity contribution in [3.05, 3.63) is 70.9 Å². The van der Waals surface area contributed by atoms with Gasteiger partial charge in [-0.3, -0.25) is 14.5 Å². The number of benzene rings is 1. The third-order valence-corrected chi connectivity index (χ3v) is 5.15. The molecule has 0 radical (unpaired) electrons. The molecule has 8 nitrogen and oxygen atoms in total. The number of carbonyl (C=O) groups excluding carboxylic acids is 3. The number of carbonyl (C=O) groups is 3. The average molecular weight is 430 g/mol. The van der Waals surface area contributed by atoms with E-state index in [2.05, 4.69) is 15.6 Å². The van der Waals surface area contributed by atoms with Crippen molar-refractivity contribution in [3.8, 4) is 0 Å². The van der Waals surface area contributed by atoms with Crippen molar-refractivity contribution in [2.75, 3.05) is 6.54 Å². The average Bonchev–Trinajstić information content (AvgIpc) is 3.20. The summed E-state index contributed by atoms with van der Waals surface area (Å²) < 4.78 is 14.9. The molecule has 4 rings (SSSR count). The van der Waals surface area contributed by atoms with Crippen LogP contribution in [0.3, 0.4) is 0 Å². The molecule has 0 spiro atoms. The topological polar surface area (TPSA) is 95.8 Å². The highest BCUT2D eigenvalue weighted by atomic mass is 35.5. The lowest BCUT2D eigenvalue weighted by atomic mass is 9.92. The van der Waals surface area contributed by atoms with Crippen LogP contribution in [0.1, 0.15) is 18.2 Å². The molecule has 3 heterocycles. The smallest absolute Gasteiger partial charge is 0.325 e. The second kappa shape index (κ2) is 7.42. The van der Waals surface area contributed by atoms with Crippen LogP contribution >= 0.6 is 11.6 Å². The van der Waals surface area contributed by atoms with Crippen molar-refractivity contribution in [1.29, 1.82) is 0 Å². The lowest BCUT2D eigenvalue weighted by molar-refractivity contribution is -0.134. The number of aromatic nitrogens is 2. The van der Waals surface area contributed by atoms with Crippen LogP contribution < -0.4 is 10.6 Å². The maximum absolute atomic E-state index is 13.2. The molecule has 0 aliphatic carbocycles. The zero-order valence-electron chi connectivity index (χ0n) is 15.9. The molecule has 2 N–H and O–H groups in total. The third kappa shape index (κ3) is 3.59. The number of hydrogen-bond acceptors (Lipinski definition) is 4. The summed E-state index contributed by atoms with van der Waals surface area (Å²) in [5.41, 5.74) is 0.326. The Kier molecular flexibility index (Phi) is 4.90. The Hall–Kier alpha value is -3.46. The number of urea groups is 1. The van der Waals surface area contributed by atoms with Gasteiger partial charge in [0.05, 0.1) is 17.3 Å². The second-order valence-corrected chi connectivity index (χ2v) is 7.51. The lowest BCUT2D eigenvalue weighted by Crippen LogP contribution is -2.43. The van der Waals surface area contributed by atoms with Crippen molar-refractivity contribution in [3.63, 3.8) is 0 Å². The lowest BCUT2D eigenvalue weighted by Gasteiger charge is -2.22. The maximum atomic E-state index is 13.2. The van der Waals surface area contributed by atoms with E-state index in [1.165, 1.54) is 31.2 Å². The van der Waals surface area contributed by atoms with Crippen molar-refractivity contribution in [2.24, 2.45) is 0 Å². The Balaban J connectivity index is 1.41. The summed E-state index contributed by atoms with van der Waals surface area (Å²) >= 11 is 5.94. The van der Waals surface area contributed by atoms with Gasteiger partial charge in [-0.05, 0) is 36.8 Å². The molecule has 4 amide bonds. The first-order chi connectivity index (χ1) is 14.3. The summed E-state index contributed by atoms with van der Waals surface area (Å²) in [6.45, 7) is 1.19. The van der Waals surface area contributed by atoms with Crippen LogP contribution in [-0.4, -0.2) is 38.7 Å². The first kappa shape index (κ1) is 19.8. The van der Waals surface area contributed by atoms with E-state index in [9.17, 15) is 18.8 Å². The van der Waals surface area contributed by atoms with Crippen LogP contribution in [0.5, 0.6) is 0 Å².